The zero-order valence-electron chi connectivity index (χ0n) is 15.9. The highest BCUT2D eigenvalue weighted by molar-refractivity contribution is 6.02. The highest BCUT2D eigenvalue weighted by Crippen LogP contribution is 2.42. The number of ether oxygens (including phenoxy) is 1. The fourth-order valence-electron chi connectivity index (χ4n) is 4.02. The molecule has 1 aromatic heterocycles. The molecule has 0 fully saturated rings. The lowest BCUT2D eigenvalue weighted by Crippen LogP contribution is -2.46. The molecule has 0 saturated carbocycles. The lowest BCUT2D eigenvalue weighted by molar-refractivity contribution is -0.125. The van der Waals surface area contributed by atoms with Gasteiger partial charge < -0.3 is 14.5 Å². The van der Waals surface area contributed by atoms with Gasteiger partial charge in [0.2, 0.25) is 5.91 Å². The van der Waals surface area contributed by atoms with Crippen LogP contribution in [-0.2, 0) is 16.0 Å². The summed E-state index contributed by atoms with van der Waals surface area (Å²) in [6.45, 7) is 6.20. The van der Waals surface area contributed by atoms with Crippen LogP contribution in [0.1, 0.15) is 43.4 Å². The van der Waals surface area contributed by atoms with Gasteiger partial charge in [-0.2, -0.15) is 0 Å². The van der Waals surface area contributed by atoms with Crippen LogP contribution in [0, 0.1) is 12.3 Å². The molecule has 142 valence electrons. The van der Waals surface area contributed by atoms with E-state index in [0.717, 1.165) is 29.9 Å². The van der Waals surface area contributed by atoms with Crippen molar-refractivity contribution >= 4 is 17.5 Å². The third-order valence-electron chi connectivity index (χ3n) is 5.18. The van der Waals surface area contributed by atoms with Gasteiger partial charge >= 0.3 is 0 Å². The van der Waals surface area contributed by atoms with Crippen molar-refractivity contribution in [2.24, 2.45) is 5.41 Å². The van der Waals surface area contributed by atoms with Crippen LogP contribution < -0.4 is 15.0 Å². The Morgan fingerprint density at radius 3 is 2.93 bits per heavy atom. The van der Waals surface area contributed by atoms with Crippen LogP contribution in [0.2, 0.25) is 0 Å². The smallest absolute Gasteiger partial charge is 0.265 e. The molecule has 2 heterocycles. The molecule has 6 heteroatoms. The number of furan rings is 1. The van der Waals surface area contributed by atoms with E-state index in [4.69, 9.17) is 9.15 Å². The number of benzene rings is 1. The minimum Gasteiger partial charge on any atom is -0.482 e. The van der Waals surface area contributed by atoms with Crippen LogP contribution in [-0.4, -0.2) is 25.0 Å². The first-order valence-corrected chi connectivity index (χ1v) is 9.23. The van der Waals surface area contributed by atoms with Gasteiger partial charge in [0.25, 0.3) is 5.91 Å². The van der Waals surface area contributed by atoms with Gasteiger partial charge in [0, 0.05) is 12.0 Å². The number of nitrogens with one attached hydrogen (secondary N) is 1. The van der Waals surface area contributed by atoms with E-state index in [1.807, 2.05) is 25.1 Å². The SMILES string of the molecule is Cc1cc2c(o1)CC(C)(C)CC2NC(=O)CN1C(=O)COc2ccccc21. The number of fused-ring (bicyclic) bond motifs is 2. The maximum atomic E-state index is 12.8. The van der Waals surface area contributed by atoms with Crippen LogP contribution in [0.4, 0.5) is 5.69 Å². The zero-order valence-corrected chi connectivity index (χ0v) is 15.9. The molecule has 6 nitrogen and oxygen atoms in total. The summed E-state index contributed by atoms with van der Waals surface area (Å²) < 4.78 is 11.3. The number of para-hydroxylation sites is 2. The summed E-state index contributed by atoms with van der Waals surface area (Å²) >= 11 is 0. The monoisotopic (exact) mass is 368 g/mol. The predicted octanol–water partition coefficient (Wildman–Crippen LogP) is 3.14. The van der Waals surface area contributed by atoms with Crippen molar-refractivity contribution in [3.05, 3.63) is 47.4 Å². The van der Waals surface area contributed by atoms with Gasteiger partial charge in [-0.05, 0) is 37.0 Å². The molecule has 1 N–H and O–H groups in total. The first-order chi connectivity index (χ1) is 12.8. The molecule has 2 aromatic rings. The highest BCUT2D eigenvalue weighted by atomic mass is 16.5. The van der Waals surface area contributed by atoms with Crippen LogP contribution in [0.25, 0.3) is 0 Å². The standard InChI is InChI=1S/C21H24N2O4/c1-13-8-14-15(9-21(2,3)10-18(14)27-13)22-19(24)11-23-16-6-4-5-7-17(16)26-12-20(23)25/h4-8,15H,9-12H2,1-3H3,(H,22,24). The summed E-state index contributed by atoms with van der Waals surface area (Å²) in [5, 5.41) is 3.11. The number of hydrogen-bond donors (Lipinski definition) is 1. The topological polar surface area (TPSA) is 71.8 Å². The van der Waals surface area contributed by atoms with Gasteiger partial charge in [-0.25, -0.2) is 0 Å². The molecule has 4 rings (SSSR count). The Bertz CT molecular complexity index is 899. The molecule has 0 spiro atoms. The van der Waals surface area contributed by atoms with Gasteiger partial charge in [0.05, 0.1) is 11.7 Å². The second-order valence-electron chi connectivity index (χ2n) is 8.14. The Hall–Kier alpha value is -2.76. The predicted molar refractivity (Wildman–Crippen MR) is 101 cm³/mol. The largest absolute Gasteiger partial charge is 0.482 e. The van der Waals surface area contributed by atoms with Crippen molar-refractivity contribution in [1.29, 1.82) is 0 Å². The molecule has 2 aliphatic rings. The zero-order chi connectivity index (χ0) is 19.2. The lowest BCUT2D eigenvalue weighted by Gasteiger charge is -2.35. The average molecular weight is 368 g/mol. The fourth-order valence-corrected chi connectivity index (χ4v) is 4.02. The van der Waals surface area contributed by atoms with Crippen LogP contribution in [0.5, 0.6) is 5.75 Å². The van der Waals surface area contributed by atoms with E-state index in [-0.39, 0.29) is 36.4 Å². The maximum Gasteiger partial charge on any atom is 0.265 e. The number of carbonyl (C=O) groups excluding carboxylic acids is 2. The molecule has 1 aromatic carbocycles. The second kappa shape index (κ2) is 6.44. The number of aryl methyl sites for hydroxylation is 1. The van der Waals surface area contributed by atoms with Gasteiger partial charge in [-0.15, -0.1) is 0 Å². The van der Waals surface area contributed by atoms with E-state index >= 15 is 0 Å². The lowest BCUT2D eigenvalue weighted by atomic mass is 9.74. The summed E-state index contributed by atoms with van der Waals surface area (Å²) in [4.78, 5) is 26.6. The van der Waals surface area contributed by atoms with Crippen molar-refractivity contribution in [2.45, 2.75) is 39.7 Å². The molecule has 1 aliphatic carbocycles. The number of nitrogens with zero attached hydrogens (tertiary/aromatic N) is 1. The molecule has 1 aliphatic heterocycles. The van der Waals surface area contributed by atoms with Crippen LogP contribution in [0.15, 0.2) is 34.7 Å². The van der Waals surface area contributed by atoms with Crippen molar-refractivity contribution in [3.63, 3.8) is 0 Å². The van der Waals surface area contributed by atoms with Gasteiger partial charge in [-0.1, -0.05) is 26.0 Å². The average Bonchev–Trinajstić information content (AvgIpc) is 2.96. The van der Waals surface area contributed by atoms with E-state index in [9.17, 15) is 9.59 Å². The summed E-state index contributed by atoms with van der Waals surface area (Å²) in [7, 11) is 0. The Morgan fingerprint density at radius 2 is 2.11 bits per heavy atom. The molecular formula is C21H24N2O4. The summed E-state index contributed by atoms with van der Waals surface area (Å²) in [5.74, 6) is 2.02. The van der Waals surface area contributed by atoms with Crippen molar-refractivity contribution < 1.29 is 18.7 Å². The van der Waals surface area contributed by atoms with E-state index in [2.05, 4.69) is 19.2 Å². The third kappa shape index (κ3) is 3.44. The summed E-state index contributed by atoms with van der Waals surface area (Å²) in [6.07, 6.45) is 1.69. The minimum absolute atomic E-state index is 0.0255. The first-order valence-electron chi connectivity index (χ1n) is 9.23. The molecule has 2 amide bonds. The van der Waals surface area contributed by atoms with Crippen molar-refractivity contribution in [3.8, 4) is 5.75 Å². The third-order valence-corrected chi connectivity index (χ3v) is 5.18. The normalized spacial score (nSPS) is 20.5. The quantitative estimate of drug-likeness (QED) is 0.903. The number of hydrogen-bond acceptors (Lipinski definition) is 4. The fraction of sp³-hybridized carbons (Fsp3) is 0.429. The molecular weight excluding hydrogens is 344 g/mol. The Labute approximate surface area is 158 Å². The van der Waals surface area contributed by atoms with Gasteiger partial charge in [0.15, 0.2) is 6.61 Å². The number of carbonyl (C=O) groups is 2. The van der Waals surface area contributed by atoms with Crippen LogP contribution in [0.3, 0.4) is 0 Å². The maximum absolute atomic E-state index is 12.8. The molecule has 0 radical (unpaired) electrons. The summed E-state index contributed by atoms with van der Waals surface area (Å²) in [6, 6.07) is 9.16. The van der Waals surface area contributed by atoms with E-state index in [0.29, 0.717) is 11.4 Å². The highest BCUT2D eigenvalue weighted by Gasteiger charge is 2.36. The van der Waals surface area contributed by atoms with Gasteiger partial charge in [0.1, 0.15) is 23.8 Å². The number of rotatable bonds is 3. The molecule has 27 heavy (non-hydrogen) atoms. The molecule has 0 bridgehead atoms. The first kappa shape index (κ1) is 17.6. The Balaban J connectivity index is 1.53. The Morgan fingerprint density at radius 1 is 1.33 bits per heavy atom. The molecule has 1 unspecified atom stereocenters. The number of amides is 2. The van der Waals surface area contributed by atoms with E-state index in [1.54, 1.807) is 12.1 Å². The van der Waals surface area contributed by atoms with Crippen LogP contribution >= 0.6 is 0 Å². The molecule has 1 atom stereocenters. The number of anilines is 1. The van der Waals surface area contributed by atoms with Crippen molar-refractivity contribution in [2.75, 3.05) is 18.1 Å². The van der Waals surface area contributed by atoms with E-state index < -0.39 is 0 Å². The summed E-state index contributed by atoms with van der Waals surface area (Å²) in [5.41, 5.74) is 1.72. The van der Waals surface area contributed by atoms with Gasteiger partial charge in [-0.3, -0.25) is 14.5 Å². The Kier molecular flexibility index (Phi) is 4.21. The molecule has 0 saturated heterocycles. The van der Waals surface area contributed by atoms with Crippen molar-refractivity contribution in [1.82, 2.24) is 5.32 Å². The van der Waals surface area contributed by atoms with E-state index in [1.165, 1.54) is 4.90 Å². The minimum atomic E-state index is -0.215. The second-order valence-corrected chi connectivity index (χ2v) is 8.14.